The maximum Gasteiger partial charge on any atom is 0.328 e. The molecule has 0 radical (unpaired) electrons. The van der Waals surface area contributed by atoms with Gasteiger partial charge in [0.15, 0.2) is 0 Å². The minimum absolute atomic E-state index is 0.00476. The Balaban J connectivity index is 2.55. The van der Waals surface area contributed by atoms with Gasteiger partial charge in [-0.15, -0.1) is 11.8 Å². The molecule has 0 heterocycles. The molecule has 0 saturated carbocycles. The average molecular weight is 295 g/mol. The molecule has 0 fully saturated rings. The summed E-state index contributed by atoms with van der Waals surface area (Å²) < 4.78 is 4.70. The highest BCUT2D eigenvalue weighted by Crippen LogP contribution is 2.21. The van der Waals surface area contributed by atoms with E-state index in [9.17, 15) is 9.59 Å². The number of rotatable bonds is 6. The molecule has 0 aromatic heterocycles. The van der Waals surface area contributed by atoms with Crippen molar-refractivity contribution in [2.45, 2.75) is 31.7 Å². The zero-order valence-corrected chi connectivity index (χ0v) is 13.1. The minimum atomic E-state index is -0.593. The van der Waals surface area contributed by atoms with Crippen LogP contribution < -0.4 is 5.32 Å². The first kappa shape index (κ1) is 16.6. The van der Waals surface area contributed by atoms with Crippen molar-refractivity contribution < 1.29 is 14.3 Å². The number of benzene rings is 1. The van der Waals surface area contributed by atoms with Gasteiger partial charge in [0.2, 0.25) is 5.91 Å². The van der Waals surface area contributed by atoms with E-state index in [0.717, 1.165) is 10.5 Å². The van der Waals surface area contributed by atoms with Crippen molar-refractivity contribution in [1.82, 2.24) is 5.32 Å². The fourth-order valence-electron chi connectivity index (χ4n) is 1.70. The number of methoxy groups -OCH3 is 1. The monoisotopic (exact) mass is 295 g/mol. The van der Waals surface area contributed by atoms with Crippen molar-refractivity contribution >= 4 is 23.6 Å². The Bertz CT molecular complexity index is 474. The molecule has 20 heavy (non-hydrogen) atoms. The molecule has 1 aromatic rings. The lowest BCUT2D eigenvalue weighted by atomic mass is 10.1. The largest absolute Gasteiger partial charge is 0.467 e. The zero-order valence-electron chi connectivity index (χ0n) is 12.3. The van der Waals surface area contributed by atoms with Crippen LogP contribution in [0.25, 0.3) is 0 Å². The maximum absolute atomic E-state index is 11.9. The van der Waals surface area contributed by atoms with Crippen LogP contribution in [0.15, 0.2) is 29.2 Å². The van der Waals surface area contributed by atoms with Crippen molar-refractivity contribution in [3.05, 3.63) is 29.8 Å². The van der Waals surface area contributed by atoms with Crippen molar-refractivity contribution in [1.29, 1.82) is 0 Å². The van der Waals surface area contributed by atoms with Gasteiger partial charge in [0, 0.05) is 4.90 Å². The quantitative estimate of drug-likeness (QED) is 0.647. The highest BCUT2D eigenvalue weighted by atomic mass is 32.2. The molecular formula is C15H21NO3S. The van der Waals surface area contributed by atoms with Crippen molar-refractivity contribution in [2.75, 3.05) is 12.9 Å². The molecule has 4 nitrogen and oxygen atoms in total. The van der Waals surface area contributed by atoms with Crippen molar-refractivity contribution in [3.8, 4) is 0 Å². The van der Waals surface area contributed by atoms with Crippen LogP contribution in [0.2, 0.25) is 0 Å². The van der Waals surface area contributed by atoms with Gasteiger partial charge < -0.3 is 10.1 Å². The van der Waals surface area contributed by atoms with Gasteiger partial charge in [-0.05, 0) is 24.5 Å². The van der Waals surface area contributed by atoms with Crippen LogP contribution in [0.1, 0.15) is 19.4 Å². The third-order valence-electron chi connectivity index (χ3n) is 2.89. The lowest BCUT2D eigenvalue weighted by Crippen LogP contribution is -2.45. The van der Waals surface area contributed by atoms with Gasteiger partial charge in [0.1, 0.15) is 6.04 Å². The van der Waals surface area contributed by atoms with E-state index in [1.54, 1.807) is 0 Å². The smallest absolute Gasteiger partial charge is 0.328 e. The molecule has 5 heteroatoms. The van der Waals surface area contributed by atoms with E-state index in [1.807, 2.05) is 45.0 Å². The van der Waals surface area contributed by atoms with E-state index >= 15 is 0 Å². The van der Waals surface area contributed by atoms with Gasteiger partial charge in [-0.1, -0.05) is 32.0 Å². The highest BCUT2D eigenvalue weighted by Gasteiger charge is 2.24. The van der Waals surface area contributed by atoms with Crippen LogP contribution in [0.4, 0.5) is 0 Å². The molecule has 1 N–H and O–H groups in total. The predicted molar refractivity (Wildman–Crippen MR) is 80.7 cm³/mol. The lowest BCUT2D eigenvalue weighted by Gasteiger charge is -2.19. The molecule has 1 atom stereocenters. The fraction of sp³-hybridized carbons (Fsp3) is 0.467. The summed E-state index contributed by atoms with van der Waals surface area (Å²) in [5.41, 5.74) is 1.14. The van der Waals surface area contributed by atoms with Crippen molar-refractivity contribution in [2.24, 2.45) is 5.92 Å². The van der Waals surface area contributed by atoms with Crippen LogP contribution in [0, 0.1) is 12.8 Å². The zero-order chi connectivity index (χ0) is 15.1. The van der Waals surface area contributed by atoms with Gasteiger partial charge in [0.05, 0.1) is 12.9 Å². The third kappa shape index (κ3) is 4.89. The summed E-state index contributed by atoms with van der Waals surface area (Å²) in [6.45, 7) is 5.75. The number of nitrogens with one attached hydrogen (secondary N) is 1. The number of amides is 1. The molecule has 1 rings (SSSR count). The number of ether oxygens (including phenoxy) is 1. The molecule has 0 saturated heterocycles. The molecular weight excluding hydrogens is 274 g/mol. The standard InChI is InChI=1S/C15H21NO3S/c1-10(2)14(15(18)19-4)16-13(17)9-20-12-8-6-5-7-11(12)3/h5-8,10,14H,9H2,1-4H3,(H,16,17). The van der Waals surface area contributed by atoms with Gasteiger partial charge in [-0.3, -0.25) is 4.79 Å². The lowest BCUT2D eigenvalue weighted by molar-refractivity contribution is -0.146. The number of aryl methyl sites for hydroxylation is 1. The van der Waals surface area contributed by atoms with Gasteiger partial charge in [0.25, 0.3) is 0 Å². The van der Waals surface area contributed by atoms with Gasteiger partial charge in [-0.2, -0.15) is 0 Å². The van der Waals surface area contributed by atoms with E-state index in [4.69, 9.17) is 4.74 Å². The predicted octanol–water partition coefficient (Wildman–Crippen LogP) is 2.40. The molecule has 0 bridgehead atoms. The molecule has 0 aliphatic rings. The van der Waals surface area contributed by atoms with Crippen LogP contribution in [0.3, 0.4) is 0 Å². The SMILES string of the molecule is COC(=O)C(NC(=O)CSc1ccccc1C)C(C)C. The minimum Gasteiger partial charge on any atom is -0.467 e. The van der Waals surface area contributed by atoms with Crippen LogP contribution in [0.5, 0.6) is 0 Å². The Hall–Kier alpha value is -1.49. The number of carbonyl (C=O) groups is 2. The average Bonchev–Trinajstić information content (AvgIpc) is 2.42. The first-order valence-electron chi connectivity index (χ1n) is 6.51. The fourth-order valence-corrected chi connectivity index (χ4v) is 2.54. The second-order valence-electron chi connectivity index (χ2n) is 4.87. The van der Waals surface area contributed by atoms with Crippen LogP contribution in [-0.4, -0.2) is 30.8 Å². The van der Waals surface area contributed by atoms with Crippen LogP contribution in [-0.2, 0) is 14.3 Å². The topological polar surface area (TPSA) is 55.4 Å². The summed E-state index contributed by atoms with van der Waals surface area (Å²) in [6.07, 6.45) is 0. The Kier molecular flexibility index (Phi) is 6.58. The van der Waals surface area contributed by atoms with E-state index in [2.05, 4.69) is 5.32 Å². The van der Waals surface area contributed by atoms with E-state index in [-0.39, 0.29) is 17.6 Å². The van der Waals surface area contributed by atoms with Gasteiger partial charge >= 0.3 is 5.97 Å². The second-order valence-corrected chi connectivity index (χ2v) is 5.88. The number of thioether (sulfide) groups is 1. The number of hydrogen-bond donors (Lipinski definition) is 1. The molecule has 110 valence electrons. The Morgan fingerprint density at radius 3 is 2.50 bits per heavy atom. The normalized spacial score (nSPS) is 12.1. The van der Waals surface area contributed by atoms with E-state index in [1.165, 1.54) is 18.9 Å². The third-order valence-corrected chi connectivity index (χ3v) is 4.07. The summed E-state index contributed by atoms with van der Waals surface area (Å²) in [6, 6.07) is 7.30. The molecule has 0 spiro atoms. The molecule has 1 amide bonds. The highest BCUT2D eigenvalue weighted by molar-refractivity contribution is 8.00. The van der Waals surface area contributed by atoms with Gasteiger partial charge in [-0.25, -0.2) is 4.79 Å². The van der Waals surface area contributed by atoms with Crippen molar-refractivity contribution in [3.63, 3.8) is 0 Å². The molecule has 1 aromatic carbocycles. The Morgan fingerprint density at radius 2 is 1.95 bits per heavy atom. The Labute approximate surface area is 124 Å². The summed E-state index contributed by atoms with van der Waals surface area (Å²) in [5, 5.41) is 2.72. The first-order chi connectivity index (χ1) is 9.45. The summed E-state index contributed by atoms with van der Waals surface area (Å²) in [4.78, 5) is 24.6. The van der Waals surface area contributed by atoms with E-state index < -0.39 is 12.0 Å². The maximum atomic E-state index is 11.9. The van der Waals surface area contributed by atoms with E-state index in [0.29, 0.717) is 0 Å². The second kappa shape index (κ2) is 7.94. The first-order valence-corrected chi connectivity index (χ1v) is 7.50. The van der Waals surface area contributed by atoms with Crippen LogP contribution >= 0.6 is 11.8 Å². The summed E-state index contributed by atoms with van der Waals surface area (Å²) in [7, 11) is 1.33. The number of hydrogen-bond acceptors (Lipinski definition) is 4. The molecule has 1 unspecified atom stereocenters. The summed E-state index contributed by atoms with van der Waals surface area (Å²) >= 11 is 1.46. The number of carbonyl (C=O) groups excluding carboxylic acids is 2. The number of esters is 1. The molecule has 0 aliphatic heterocycles. The molecule has 0 aliphatic carbocycles. The summed E-state index contributed by atoms with van der Waals surface area (Å²) in [5.74, 6) is -0.295. The Morgan fingerprint density at radius 1 is 1.30 bits per heavy atom.